The number of nitrogens with one attached hydrogen (secondary N) is 1. The third-order valence-electron chi connectivity index (χ3n) is 3.27. The van der Waals surface area contributed by atoms with Crippen molar-refractivity contribution < 1.29 is 9.13 Å². The number of halogens is 1. The Morgan fingerprint density at radius 2 is 2.00 bits per heavy atom. The summed E-state index contributed by atoms with van der Waals surface area (Å²) in [5, 5.41) is 3.27. The van der Waals surface area contributed by atoms with Crippen LogP contribution in [0.1, 0.15) is 19.3 Å². The summed E-state index contributed by atoms with van der Waals surface area (Å²) in [6, 6.07) is 0. The second kappa shape index (κ2) is 3.30. The molecule has 1 N–H and O–H groups in total. The molecule has 2 saturated heterocycles. The highest BCUT2D eigenvalue weighted by molar-refractivity contribution is 4.92. The third-order valence-corrected chi connectivity index (χ3v) is 3.27. The van der Waals surface area contributed by atoms with E-state index in [1.807, 2.05) is 0 Å². The van der Waals surface area contributed by atoms with Crippen molar-refractivity contribution in [3.8, 4) is 0 Å². The number of ether oxygens (including phenoxy) is 1. The Balaban J connectivity index is 2.04. The van der Waals surface area contributed by atoms with E-state index in [2.05, 4.69) is 5.32 Å². The lowest BCUT2D eigenvalue weighted by atomic mass is 9.72. The lowest BCUT2D eigenvalue weighted by Crippen LogP contribution is -2.47. The minimum atomic E-state index is -0.728. The predicted octanol–water partition coefficient (Wildman–Crippen LogP) is 1.11. The molecule has 0 saturated carbocycles. The fourth-order valence-corrected chi connectivity index (χ4v) is 2.28. The second-order valence-corrected chi connectivity index (χ2v) is 3.90. The molecule has 1 spiro atoms. The molecule has 2 heterocycles. The summed E-state index contributed by atoms with van der Waals surface area (Å²) in [5.74, 6) is 0. The zero-order valence-corrected chi connectivity index (χ0v) is 7.31. The van der Waals surface area contributed by atoms with Gasteiger partial charge in [-0.2, -0.15) is 0 Å². The number of alkyl halides is 1. The molecule has 0 aromatic carbocycles. The van der Waals surface area contributed by atoms with E-state index in [1.54, 1.807) is 0 Å². The largest absolute Gasteiger partial charge is 0.378 e. The van der Waals surface area contributed by atoms with Crippen LogP contribution in [-0.4, -0.2) is 32.5 Å². The van der Waals surface area contributed by atoms with Crippen LogP contribution in [-0.2, 0) is 4.74 Å². The van der Waals surface area contributed by atoms with Crippen LogP contribution in [0.5, 0.6) is 0 Å². The lowest BCUT2D eigenvalue weighted by molar-refractivity contribution is -0.0711. The molecule has 3 heteroatoms. The molecule has 0 aliphatic carbocycles. The van der Waals surface area contributed by atoms with Crippen LogP contribution in [0.15, 0.2) is 0 Å². The summed E-state index contributed by atoms with van der Waals surface area (Å²) in [7, 11) is 0. The summed E-state index contributed by atoms with van der Waals surface area (Å²) in [5.41, 5.74) is -0.0382. The van der Waals surface area contributed by atoms with E-state index in [-0.39, 0.29) is 5.41 Å². The van der Waals surface area contributed by atoms with Crippen molar-refractivity contribution in [2.24, 2.45) is 5.41 Å². The van der Waals surface area contributed by atoms with Gasteiger partial charge in [-0.1, -0.05) is 0 Å². The van der Waals surface area contributed by atoms with Crippen LogP contribution in [0.2, 0.25) is 0 Å². The van der Waals surface area contributed by atoms with Gasteiger partial charge in [0.05, 0.1) is 6.61 Å². The molecule has 2 nitrogen and oxygen atoms in total. The third kappa shape index (κ3) is 1.36. The number of rotatable bonds is 0. The molecule has 0 aromatic heterocycles. The Labute approximate surface area is 72.5 Å². The standard InChI is InChI=1S/C9H16FNO/c10-8-7-12-6-3-9(8)1-4-11-5-2-9/h8,11H,1-7H2. The highest BCUT2D eigenvalue weighted by Crippen LogP contribution is 2.40. The Morgan fingerprint density at radius 3 is 2.67 bits per heavy atom. The smallest absolute Gasteiger partial charge is 0.129 e. The summed E-state index contributed by atoms with van der Waals surface area (Å²) in [6.07, 6.45) is 2.15. The maximum atomic E-state index is 13.6. The molecule has 1 unspecified atom stereocenters. The van der Waals surface area contributed by atoms with Crippen LogP contribution in [0.3, 0.4) is 0 Å². The zero-order valence-electron chi connectivity index (χ0n) is 7.31. The maximum absolute atomic E-state index is 13.6. The Morgan fingerprint density at radius 1 is 1.25 bits per heavy atom. The van der Waals surface area contributed by atoms with Crippen molar-refractivity contribution in [3.63, 3.8) is 0 Å². The normalized spacial score (nSPS) is 35.2. The van der Waals surface area contributed by atoms with Gasteiger partial charge >= 0.3 is 0 Å². The van der Waals surface area contributed by atoms with E-state index in [0.29, 0.717) is 6.61 Å². The molecule has 2 aliphatic heterocycles. The van der Waals surface area contributed by atoms with E-state index < -0.39 is 6.17 Å². The van der Waals surface area contributed by atoms with Crippen molar-refractivity contribution in [3.05, 3.63) is 0 Å². The fraction of sp³-hybridized carbons (Fsp3) is 1.00. The molecule has 1 atom stereocenters. The van der Waals surface area contributed by atoms with Crippen LogP contribution in [0.4, 0.5) is 4.39 Å². The van der Waals surface area contributed by atoms with Crippen molar-refractivity contribution in [2.75, 3.05) is 26.3 Å². The predicted molar refractivity (Wildman–Crippen MR) is 44.9 cm³/mol. The monoisotopic (exact) mass is 173 g/mol. The van der Waals surface area contributed by atoms with E-state index in [4.69, 9.17) is 4.74 Å². The molecular weight excluding hydrogens is 157 g/mol. The SMILES string of the molecule is FC1COCCC12CCNCC2. The molecular formula is C9H16FNO. The molecule has 70 valence electrons. The highest BCUT2D eigenvalue weighted by Gasteiger charge is 2.42. The lowest BCUT2D eigenvalue weighted by Gasteiger charge is -2.42. The maximum Gasteiger partial charge on any atom is 0.129 e. The van der Waals surface area contributed by atoms with Gasteiger partial charge in [-0.3, -0.25) is 0 Å². The van der Waals surface area contributed by atoms with Gasteiger partial charge in [0.25, 0.3) is 0 Å². The zero-order chi connectivity index (χ0) is 8.44. The average Bonchev–Trinajstić information content (AvgIpc) is 2.12. The molecule has 0 radical (unpaired) electrons. The molecule has 2 aliphatic rings. The van der Waals surface area contributed by atoms with E-state index in [9.17, 15) is 4.39 Å². The van der Waals surface area contributed by atoms with Crippen LogP contribution >= 0.6 is 0 Å². The Kier molecular flexibility index (Phi) is 2.33. The molecule has 0 aromatic rings. The molecule has 2 fully saturated rings. The van der Waals surface area contributed by atoms with Crippen LogP contribution in [0.25, 0.3) is 0 Å². The molecule has 0 amide bonds. The van der Waals surface area contributed by atoms with Gasteiger partial charge in [0.2, 0.25) is 0 Å². The summed E-state index contributed by atoms with van der Waals surface area (Å²) in [4.78, 5) is 0. The second-order valence-electron chi connectivity index (χ2n) is 3.90. The Hall–Kier alpha value is -0.150. The van der Waals surface area contributed by atoms with Crippen LogP contribution < -0.4 is 5.32 Å². The first-order valence-corrected chi connectivity index (χ1v) is 4.76. The summed E-state index contributed by atoms with van der Waals surface area (Å²) in [6.45, 7) is 3.02. The van der Waals surface area contributed by atoms with Gasteiger partial charge in [0, 0.05) is 12.0 Å². The van der Waals surface area contributed by atoms with Gasteiger partial charge in [0.15, 0.2) is 0 Å². The minimum absolute atomic E-state index is 0.0382. The van der Waals surface area contributed by atoms with Gasteiger partial charge in [-0.15, -0.1) is 0 Å². The van der Waals surface area contributed by atoms with Gasteiger partial charge in [0.1, 0.15) is 6.17 Å². The summed E-state index contributed by atoms with van der Waals surface area (Å²) >= 11 is 0. The van der Waals surface area contributed by atoms with E-state index >= 15 is 0 Å². The number of hydrogen-bond acceptors (Lipinski definition) is 2. The summed E-state index contributed by atoms with van der Waals surface area (Å²) < 4.78 is 18.7. The number of hydrogen-bond donors (Lipinski definition) is 1. The highest BCUT2D eigenvalue weighted by atomic mass is 19.1. The van der Waals surface area contributed by atoms with E-state index in [0.717, 1.165) is 39.0 Å². The molecule has 12 heavy (non-hydrogen) atoms. The van der Waals surface area contributed by atoms with Crippen molar-refractivity contribution in [2.45, 2.75) is 25.4 Å². The van der Waals surface area contributed by atoms with Gasteiger partial charge < -0.3 is 10.1 Å². The molecule has 0 bridgehead atoms. The quantitative estimate of drug-likeness (QED) is 0.592. The van der Waals surface area contributed by atoms with Crippen molar-refractivity contribution >= 4 is 0 Å². The first-order valence-electron chi connectivity index (χ1n) is 4.76. The topological polar surface area (TPSA) is 21.3 Å². The van der Waals surface area contributed by atoms with Crippen molar-refractivity contribution in [1.82, 2.24) is 5.32 Å². The van der Waals surface area contributed by atoms with Gasteiger partial charge in [-0.05, 0) is 32.4 Å². The average molecular weight is 173 g/mol. The van der Waals surface area contributed by atoms with Crippen molar-refractivity contribution in [1.29, 1.82) is 0 Å². The number of piperidine rings is 1. The first kappa shape index (κ1) is 8.45. The Bertz CT molecular complexity index is 148. The van der Waals surface area contributed by atoms with Gasteiger partial charge in [-0.25, -0.2) is 4.39 Å². The van der Waals surface area contributed by atoms with E-state index in [1.165, 1.54) is 0 Å². The van der Waals surface area contributed by atoms with Crippen LogP contribution in [0, 0.1) is 5.41 Å². The minimum Gasteiger partial charge on any atom is -0.378 e. The molecule has 2 rings (SSSR count). The fourth-order valence-electron chi connectivity index (χ4n) is 2.28. The first-order chi connectivity index (χ1) is 5.83.